The van der Waals surface area contributed by atoms with Crippen molar-refractivity contribution in [3.8, 4) is 0 Å². The number of hydrogen-bond acceptors (Lipinski definition) is 3. The zero-order valence-corrected chi connectivity index (χ0v) is 7.64. The highest BCUT2D eigenvalue weighted by Gasteiger charge is 2.11. The van der Waals surface area contributed by atoms with E-state index in [1.165, 1.54) is 11.8 Å². The van der Waals surface area contributed by atoms with Crippen molar-refractivity contribution < 1.29 is 4.92 Å². The van der Waals surface area contributed by atoms with Crippen LogP contribution >= 0.6 is 0 Å². The number of allylic oxidation sites excluding steroid dienone is 2. The molecule has 0 fully saturated rings. The van der Waals surface area contributed by atoms with Crippen molar-refractivity contribution in [2.24, 2.45) is 0 Å². The Kier molecular flexibility index (Phi) is 2.26. The van der Waals surface area contributed by atoms with E-state index in [2.05, 4.69) is 11.1 Å². The van der Waals surface area contributed by atoms with Gasteiger partial charge in [0.05, 0.1) is 4.92 Å². The van der Waals surface area contributed by atoms with Gasteiger partial charge in [-0.05, 0) is 24.8 Å². The van der Waals surface area contributed by atoms with Crippen LogP contribution in [-0.4, -0.2) is 9.91 Å². The normalized spacial score (nSPS) is 15.3. The van der Waals surface area contributed by atoms with E-state index in [9.17, 15) is 10.1 Å². The number of aromatic nitrogens is 1. The molecule has 4 nitrogen and oxygen atoms in total. The Bertz CT molecular complexity index is 399. The maximum Gasteiger partial charge on any atom is 0.288 e. The first kappa shape index (κ1) is 8.87. The van der Waals surface area contributed by atoms with Gasteiger partial charge in [-0.1, -0.05) is 6.08 Å². The molecule has 1 aromatic rings. The molecule has 1 aliphatic rings. The van der Waals surface area contributed by atoms with E-state index in [1.54, 1.807) is 12.3 Å². The number of nitro groups is 1. The van der Waals surface area contributed by atoms with Crippen molar-refractivity contribution in [3.05, 3.63) is 40.2 Å². The van der Waals surface area contributed by atoms with Gasteiger partial charge in [-0.15, -0.1) is 0 Å². The number of hydrogen-bond donors (Lipinski definition) is 0. The first-order valence-electron chi connectivity index (χ1n) is 4.56. The molecule has 0 aromatic carbocycles. The molecule has 0 radical (unpaired) electrons. The molecule has 0 spiro atoms. The Hall–Kier alpha value is -1.71. The van der Waals surface area contributed by atoms with Gasteiger partial charge in [-0.2, -0.15) is 0 Å². The third-order valence-electron chi connectivity index (χ3n) is 2.35. The van der Waals surface area contributed by atoms with Crippen molar-refractivity contribution in [2.75, 3.05) is 0 Å². The van der Waals surface area contributed by atoms with Gasteiger partial charge in [0.15, 0.2) is 0 Å². The first-order chi connectivity index (χ1) is 6.77. The van der Waals surface area contributed by atoms with Gasteiger partial charge in [0.2, 0.25) is 0 Å². The highest BCUT2D eigenvalue weighted by Crippen LogP contribution is 2.28. The summed E-state index contributed by atoms with van der Waals surface area (Å²) in [6, 6.07) is 1.59. The highest BCUT2D eigenvalue weighted by molar-refractivity contribution is 5.67. The summed E-state index contributed by atoms with van der Waals surface area (Å²) in [4.78, 5) is 14.0. The van der Waals surface area contributed by atoms with Crippen molar-refractivity contribution in [2.45, 2.75) is 19.3 Å². The van der Waals surface area contributed by atoms with E-state index >= 15 is 0 Å². The summed E-state index contributed by atoms with van der Waals surface area (Å²) in [5, 5.41) is 10.5. The molecule has 0 aliphatic heterocycles. The van der Waals surface area contributed by atoms with E-state index in [1.807, 2.05) is 0 Å². The molecule has 1 aromatic heterocycles. The van der Waals surface area contributed by atoms with Crippen LogP contribution in [0, 0.1) is 10.1 Å². The lowest BCUT2D eigenvalue weighted by molar-refractivity contribution is -0.385. The van der Waals surface area contributed by atoms with Crippen LogP contribution in [0.5, 0.6) is 0 Å². The molecule has 0 N–H and O–H groups in total. The minimum atomic E-state index is -0.411. The zero-order valence-electron chi connectivity index (χ0n) is 7.64. The van der Waals surface area contributed by atoms with Crippen LogP contribution in [0.2, 0.25) is 0 Å². The topological polar surface area (TPSA) is 56.0 Å². The third kappa shape index (κ3) is 1.64. The monoisotopic (exact) mass is 190 g/mol. The molecule has 0 bridgehead atoms. The minimum absolute atomic E-state index is 0.0651. The van der Waals surface area contributed by atoms with Crippen molar-refractivity contribution in [1.29, 1.82) is 0 Å². The second-order valence-corrected chi connectivity index (χ2v) is 3.31. The Morgan fingerprint density at radius 3 is 2.93 bits per heavy atom. The third-order valence-corrected chi connectivity index (χ3v) is 2.35. The molecule has 0 unspecified atom stereocenters. The van der Waals surface area contributed by atoms with Crippen molar-refractivity contribution in [1.82, 2.24) is 4.98 Å². The van der Waals surface area contributed by atoms with Crippen LogP contribution in [0.1, 0.15) is 24.8 Å². The fourth-order valence-corrected chi connectivity index (χ4v) is 1.64. The second-order valence-electron chi connectivity index (χ2n) is 3.31. The number of pyridine rings is 1. The maximum atomic E-state index is 10.5. The van der Waals surface area contributed by atoms with E-state index in [0.29, 0.717) is 0 Å². The molecule has 2 rings (SSSR count). The van der Waals surface area contributed by atoms with Gasteiger partial charge in [0.25, 0.3) is 5.69 Å². The van der Waals surface area contributed by atoms with Gasteiger partial charge >= 0.3 is 0 Å². The average Bonchev–Trinajstić information content (AvgIpc) is 2.71. The number of nitrogens with zero attached hydrogens (tertiary/aromatic N) is 2. The van der Waals surface area contributed by atoms with Crippen LogP contribution in [-0.2, 0) is 0 Å². The fourth-order valence-electron chi connectivity index (χ4n) is 1.64. The van der Waals surface area contributed by atoms with Gasteiger partial charge in [0, 0.05) is 17.8 Å². The quantitative estimate of drug-likeness (QED) is 0.532. The lowest BCUT2D eigenvalue weighted by Crippen LogP contribution is -1.91. The summed E-state index contributed by atoms with van der Waals surface area (Å²) in [5.41, 5.74) is 2.13. The summed E-state index contributed by atoms with van der Waals surface area (Å²) in [7, 11) is 0. The van der Waals surface area contributed by atoms with Gasteiger partial charge < -0.3 is 0 Å². The summed E-state index contributed by atoms with van der Waals surface area (Å²) in [6.45, 7) is 0. The van der Waals surface area contributed by atoms with Crippen molar-refractivity contribution >= 4 is 11.3 Å². The van der Waals surface area contributed by atoms with Crippen LogP contribution in [0.15, 0.2) is 24.5 Å². The molecule has 14 heavy (non-hydrogen) atoms. The van der Waals surface area contributed by atoms with Crippen LogP contribution in [0.25, 0.3) is 5.57 Å². The molecule has 0 saturated heterocycles. The van der Waals surface area contributed by atoms with Crippen LogP contribution < -0.4 is 0 Å². The van der Waals surface area contributed by atoms with E-state index in [4.69, 9.17) is 0 Å². The molecule has 4 heteroatoms. The molecule has 0 amide bonds. The summed E-state index contributed by atoms with van der Waals surface area (Å²) in [5.74, 6) is 0. The van der Waals surface area contributed by atoms with Crippen molar-refractivity contribution in [3.63, 3.8) is 0 Å². The average molecular weight is 190 g/mol. The molecule has 72 valence electrons. The molecular formula is C10H10N2O2. The van der Waals surface area contributed by atoms with E-state index < -0.39 is 4.92 Å². The smallest absolute Gasteiger partial charge is 0.258 e. The van der Waals surface area contributed by atoms with E-state index in [-0.39, 0.29) is 5.69 Å². The Morgan fingerprint density at radius 2 is 2.29 bits per heavy atom. The maximum absolute atomic E-state index is 10.5. The molecule has 1 heterocycles. The predicted molar refractivity (Wildman–Crippen MR) is 52.7 cm³/mol. The standard InChI is InChI=1S/C10H10N2O2/c13-12(14)10-5-9(6-11-7-10)8-3-1-2-4-8/h3,5-7H,1-2,4H2. The van der Waals surface area contributed by atoms with Gasteiger partial charge in [0.1, 0.15) is 6.20 Å². The van der Waals surface area contributed by atoms with Crippen LogP contribution in [0.4, 0.5) is 5.69 Å². The molecule has 0 saturated carbocycles. The number of rotatable bonds is 2. The summed E-state index contributed by atoms with van der Waals surface area (Å²) < 4.78 is 0. The summed E-state index contributed by atoms with van der Waals surface area (Å²) >= 11 is 0. The lowest BCUT2D eigenvalue weighted by Gasteiger charge is -2.00. The van der Waals surface area contributed by atoms with Gasteiger partial charge in [-0.25, -0.2) is 0 Å². The SMILES string of the molecule is O=[N+]([O-])c1cncc(C2=CCCC2)c1. The van der Waals surface area contributed by atoms with E-state index in [0.717, 1.165) is 24.8 Å². The molecule has 1 aliphatic carbocycles. The second kappa shape index (κ2) is 3.57. The minimum Gasteiger partial charge on any atom is -0.258 e. The lowest BCUT2D eigenvalue weighted by atomic mass is 10.1. The molecule has 0 atom stereocenters. The molecular weight excluding hydrogens is 180 g/mol. The highest BCUT2D eigenvalue weighted by atomic mass is 16.6. The fraction of sp³-hybridized carbons (Fsp3) is 0.300. The Balaban J connectivity index is 2.34. The Labute approximate surface area is 81.4 Å². The largest absolute Gasteiger partial charge is 0.288 e. The van der Waals surface area contributed by atoms with Gasteiger partial charge in [-0.3, -0.25) is 15.1 Å². The Morgan fingerprint density at radius 1 is 1.43 bits per heavy atom. The first-order valence-corrected chi connectivity index (χ1v) is 4.56. The zero-order chi connectivity index (χ0) is 9.97. The summed E-state index contributed by atoms with van der Waals surface area (Å²) in [6.07, 6.45) is 8.29. The predicted octanol–water partition coefficient (Wildman–Crippen LogP) is 2.56. The van der Waals surface area contributed by atoms with Crippen LogP contribution in [0.3, 0.4) is 0 Å².